The van der Waals surface area contributed by atoms with Crippen molar-refractivity contribution in [3.05, 3.63) is 83.9 Å². The smallest absolute Gasteiger partial charge is 0.234 e. The maximum Gasteiger partial charge on any atom is 0.234 e. The van der Waals surface area contributed by atoms with Crippen LogP contribution in [0.25, 0.3) is 10.8 Å². The number of nitrogens with two attached hydrogens (primary N) is 1. The molecule has 3 rings (SSSR count). The summed E-state index contributed by atoms with van der Waals surface area (Å²) in [5.74, 6) is -0.988. The zero-order valence-corrected chi connectivity index (χ0v) is 14.4. The van der Waals surface area contributed by atoms with Gasteiger partial charge in [-0.2, -0.15) is 0 Å². The molecule has 0 saturated heterocycles. The van der Waals surface area contributed by atoms with Crippen molar-refractivity contribution in [2.75, 3.05) is 0 Å². The molecule has 4 N–H and O–H groups in total. The highest BCUT2D eigenvalue weighted by atomic mass is 35.5. The number of rotatable bonds is 4. The summed E-state index contributed by atoms with van der Waals surface area (Å²) in [6.07, 6.45) is 0.550. The molecule has 128 valence electrons. The maximum absolute atomic E-state index is 12.5. The van der Waals surface area contributed by atoms with Crippen LogP contribution in [0.2, 0.25) is 0 Å². The third-order valence-corrected chi connectivity index (χ3v) is 4.03. The van der Waals surface area contributed by atoms with Crippen LogP contribution in [-0.4, -0.2) is 11.9 Å². The molecule has 3 aromatic carbocycles. The number of nitrogens with one attached hydrogen (secondary N) is 2. The number of hydrogen-bond acceptors (Lipinski definition) is 2. The molecule has 25 heavy (non-hydrogen) atoms. The molecule has 0 unspecified atom stereocenters. The number of carbonyl (C=O) groups excluding carboxylic acids is 1. The van der Waals surface area contributed by atoms with Gasteiger partial charge >= 0.3 is 0 Å². The van der Waals surface area contributed by atoms with Crippen molar-refractivity contribution in [2.24, 2.45) is 5.73 Å². The third-order valence-electron chi connectivity index (χ3n) is 4.03. The number of hydrogen-bond donors (Lipinski definition) is 3. The summed E-state index contributed by atoms with van der Waals surface area (Å²) in [5.41, 5.74) is 7.31. The lowest BCUT2D eigenvalue weighted by Gasteiger charge is -2.17. The topological polar surface area (TPSA) is 79.0 Å². The van der Waals surface area contributed by atoms with Crippen molar-refractivity contribution in [1.29, 1.82) is 5.41 Å². The first kappa shape index (κ1) is 18.5. The highest BCUT2D eigenvalue weighted by molar-refractivity contribution is 5.98. The Kier molecular flexibility index (Phi) is 6.14. The first-order valence-corrected chi connectivity index (χ1v) is 7.81. The number of guanidine groups is 1. The Morgan fingerprint density at radius 3 is 2.28 bits per heavy atom. The molecule has 0 saturated carbocycles. The third kappa shape index (κ3) is 4.58. The largest absolute Gasteiger partial charge is 0.370 e. The highest BCUT2D eigenvalue weighted by Crippen LogP contribution is 2.24. The molecule has 0 aliphatic carbocycles. The van der Waals surface area contributed by atoms with Gasteiger partial charge in [-0.25, -0.2) is 0 Å². The lowest BCUT2D eigenvalue weighted by atomic mass is 9.90. The molecule has 0 fully saturated rings. The van der Waals surface area contributed by atoms with Crippen LogP contribution in [0.1, 0.15) is 17.0 Å². The number of fused-ring (bicyclic) bond motifs is 1. The standard InChI is InChI=1S/C20H19N3O.ClH/c21-20(22)23-19(24)18(16-7-2-1-3-8-16)13-14-10-11-15-6-4-5-9-17(15)12-14;/h1-12,18H,13H2,(H4,21,22,23,24);1H/t18-;/m1./s1. The van der Waals surface area contributed by atoms with Gasteiger partial charge in [0.1, 0.15) is 0 Å². The minimum atomic E-state index is -0.392. The van der Waals surface area contributed by atoms with Crippen LogP contribution in [0.15, 0.2) is 72.8 Å². The molecule has 0 heterocycles. The summed E-state index contributed by atoms with van der Waals surface area (Å²) < 4.78 is 0. The second kappa shape index (κ2) is 8.31. The molecule has 1 atom stereocenters. The van der Waals surface area contributed by atoms with Gasteiger partial charge in [-0.05, 0) is 28.3 Å². The Bertz CT molecular complexity index is 880. The Balaban J connectivity index is 0.00000225. The molecule has 0 aliphatic heterocycles. The molecule has 0 aliphatic rings. The number of benzene rings is 3. The normalized spacial score (nSPS) is 11.4. The van der Waals surface area contributed by atoms with Crippen molar-refractivity contribution in [3.8, 4) is 0 Å². The van der Waals surface area contributed by atoms with E-state index >= 15 is 0 Å². The number of amides is 1. The van der Waals surface area contributed by atoms with Crippen LogP contribution in [0, 0.1) is 5.41 Å². The summed E-state index contributed by atoms with van der Waals surface area (Å²) >= 11 is 0. The van der Waals surface area contributed by atoms with E-state index < -0.39 is 5.92 Å². The molecule has 0 bridgehead atoms. The van der Waals surface area contributed by atoms with Crippen molar-refractivity contribution in [3.63, 3.8) is 0 Å². The summed E-state index contributed by atoms with van der Waals surface area (Å²) in [6, 6.07) is 23.9. The first-order valence-electron chi connectivity index (χ1n) is 7.81. The van der Waals surface area contributed by atoms with Gasteiger partial charge in [-0.15, -0.1) is 12.4 Å². The van der Waals surface area contributed by atoms with Crippen molar-refractivity contribution in [1.82, 2.24) is 5.32 Å². The predicted molar refractivity (Wildman–Crippen MR) is 104 cm³/mol. The summed E-state index contributed by atoms with van der Waals surface area (Å²) in [6.45, 7) is 0. The zero-order chi connectivity index (χ0) is 16.9. The van der Waals surface area contributed by atoms with E-state index in [1.165, 1.54) is 5.39 Å². The fourth-order valence-corrected chi connectivity index (χ4v) is 2.87. The van der Waals surface area contributed by atoms with Gasteiger partial charge < -0.3 is 5.73 Å². The predicted octanol–water partition coefficient (Wildman–Crippen LogP) is 3.60. The van der Waals surface area contributed by atoms with Gasteiger partial charge in [0.25, 0.3) is 0 Å². The fraction of sp³-hybridized carbons (Fsp3) is 0.100. The number of halogens is 1. The van der Waals surface area contributed by atoms with Crippen LogP contribution in [-0.2, 0) is 11.2 Å². The Hall–Kier alpha value is -2.85. The molecule has 4 nitrogen and oxygen atoms in total. The lowest BCUT2D eigenvalue weighted by molar-refractivity contribution is -0.121. The highest BCUT2D eigenvalue weighted by Gasteiger charge is 2.21. The lowest BCUT2D eigenvalue weighted by Crippen LogP contribution is -2.39. The van der Waals surface area contributed by atoms with Crippen LogP contribution in [0.4, 0.5) is 0 Å². The number of carbonyl (C=O) groups is 1. The van der Waals surface area contributed by atoms with Gasteiger partial charge in [-0.1, -0.05) is 72.8 Å². The van der Waals surface area contributed by atoms with Gasteiger partial charge in [-0.3, -0.25) is 15.5 Å². The Labute approximate surface area is 153 Å². The summed E-state index contributed by atoms with van der Waals surface area (Å²) in [4.78, 5) is 12.5. The summed E-state index contributed by atoms with van der Waals surface area (Å²) in [5, 5.41) is 12.1. The average molecular weight is 354 g/mol. The zero-order valence-electron chi connectivity index (χ0n) is 13.6. The second-order valence-corrected chi connectivity index (χ2v) is 5.75. The van der Waals surface area contributed by atoms with Crippen molar-refractivity contribution >= 4 is 35.0 Å². The van der Waals surface area contributed by atoms with E-state index in [2.05, 4.69) is 29.6 Å². The molecular formula is C20H20ClN3O. The Morgan fingerprint density at radius 1 is 0.960 bits per heavy atom. The molecule has 0 spiro atoms. The first-order chi connectivity index (χ1) is 11.6. The Morgan fingerprint density at radius 2 is 1.60 bits per heavy atom. The minimum absolute atomic E-state index is 0. The van der Waals surface area contributed by atoms with Crippen molar-refractivity contribution < 1.29 is 4.79 Å². The molecule has 3 aromatic rings. The molecule has 5 heteroatoms. The SMILES string of the molecule is Cl.N=C(N)NC(=O)[C@H](Cc1ccc2ccccc2c1)c1ccccc1. The van der Waals surface area contributed by atoms with E-state index in [-0.39, 0.29) is 24.3 Å². The second-order valence-electron chi connectivity index (χ2n) is 5.75. The average Bonchev–Trinajstić information content (AvgIpc) is 2.59. The van der Waals surface area contributed by atoms with Gasteiger partial charge in [0.2, 0.25) is 5.91 Å². The molecule has 1 amide bonds. The maximum atomic E-state index is 12.5. The van der Waals surface area contributed by atoms with E-state index in [0.717, 1.165) is 16.5 Å². The molecule has 0 aromatic heterocycles. The van der Waals surface area contributed by atoms with E-state index in [4.69, 9.17) is 11.1 Å². The quantitative estimate of drug-likeness (QED) is 0.495. The van der Waals surface area contributed by atoms with Crippen LogP contribution in [0.3, 0.4) is 0 Å². The van der Waals surface area contributed by atoms with Gasteiger partial charge in [0.15, 0.2) is 5.96 Å². The van der Waals surface area contributed by atoms with Crippen LogP contribution in [0.5, 0.6) is 0 Å². The van der Waals surface area contributed by atoms with Gasteiger partial charge in [0, 0.05) is 0 Å². The van der Waals surface area contributed by atoms with Crippen molar-refractivity contribution in [2.45, 2.75) is 12.3 Å². The van der Waals surface area contributed by atoms with Gasteiger partial charge in [0.05, 0.1) is 5.92 Å². The van der Waals surface area contributed by atoms with Crippen LogP contribution < -0.4 is 11.1 Å². The minimum Gasteiger partial charge on any atom is -0.370 e. The van der Waals surface area contributed by atoms with E-state index in [0.29, 0.717) is 6.42 Å². The monoisotopic (exact) mass is 353 g/mol. The van der Waals surface area contributed by atoms with E-state index in [9.17, 15) is 4.79 Å². The van der Waals surface area contributed by atoms with Crippen LogP contribution >= 0.6 is 12.4 Å². The van der Waals surface area contributed by atoms with E-state index in [1.54, 1.807) is 0 Å². The van der Waals surface area contributed by atoms with E-state index in [1.807, 2.05) is 48.5 Å². The summed E-state index contributed by atoms with van der Waals surface area (Å²) in [7, 11) is 0. The molecular weight excluding hydrogens is 334 g/mol. The molecule has 0 radical (unpaired) electrons. The fourth-order valence-electron chi connectivity index (χ4n) is 2.87.